The van der Waals surface area contributed by atoms with Crippen molar-refractivity contribution in [3.8, 4) is 22.6 Å². The minimum absolute atomic E-state index is 0.783. The van der Waals surface area contributed by atoms with E-state index in [1.165, 1.54) is 0 Å². The minimum atomic E-state index is 0.783. The van der Waals surface area contributed by atoms with E-state index in [0.29, 0.717) is 0 Å². The molecule has 24 heavy (non-hydrogen) atoms. The van der Waals surface area contributed by atoms with Crippen LogP contribution in [0, 0.1) is 0 Å². The van der Waals surface area contributed by atoms with Crippen molar-refractivity contribution in [3.63, 3.8) is 0 Å². The van der Waals surface area contributed by atoms with Crippen molar-refractivity contribution in [2.24, 2.45) is 0 Å². The SMILES string of the molecule is COc1ccc2ncccc2c1-c1c(OC)ccc2ncccc12. The quantitative estimate of drug-likeness (QED) is 0.559. The first-order valence-electron chi connectivity index (χ1n) is 7.67. The van der Waals surface area contributed by atoms with Crippen molar-refractivity contribution in [2.75, 3.05) is 14.2 Å². The summed E-state index contributed by atoms with van der Waals surface area (Å²) in [6.45, 7) is 0. The molecule has 0 aliphatic carbocycles. The second kappa shape index (κ2) is 5.81. The van der Waals surface area contributed by atoms with Gasteiger partial charge in [-0.05, 0) is 36.4 Å². The molecule has 2 aromatic heterocycles. The van der Waals surface area contributed by atoms with Gasteiger partial charge in [-0.1, -0.05) is 12.1 Å². The molecule has 0 atom stereocenters. The van der Waals surface area contributed by atoms with Gasteiger partial charge in [0.1, 0.15) is 11.5 Å². The predicted molar refractivity (Wildman–Crippen MR) is 95.6 cm³/mol. The van der Waals surface area contributed by atoms with Crippen LogP contribution in [0.15, 0.2) is 60.9 Å². The van der Waals surface area contributed by atoms with Crippen LogP contribution in [0.2, 0.25) is 0 Å². The molecular weight excluding hydrogens is 300 g/mol. The van der Waals surface area contributed by atoms with Crippen molar-refractivity contribution < 1.29 is 9.47 Å². The van der Waals surface area contributed by atoms with E-state index in [2.05, 4.69) is 22.1 Å². The van der Waals surface area contributed by atoms with Gasteiger partial charge in [0.2, 0.25) is 0 Å². The highest BCUT2D eigenvalue weighted by molar-refractivity contribution is 6.08. The van der Waals surface area contributed by atoms with Gasteiger partial charge in [0.15, 0.2) is 0 Å². The van der Waals surface area contributed by atoms with Crippen LogP contribution in [0.4, 0.5) is 0 Å². The number of methoxy groups -OCH3 is 2. The summed E-state index contributed by atoms with van der Waals surface area (Å²) in [6.07, 6.45) is 3.58. The number of hydrogen-bond donors (Lipinski definition) is 0. The maximum atomic E-state index is 5.65. The van der Waals surface area contributed by atoms with Crippen LogP contribution in [-0.4, -0.2) is 24.2 Å². The molecule has 118 valence electrons. The Morgan fingerprint density at radius 1 is 0.625 bits per heavy atom. The van der Waals surface area contributed by atoms with Gasteiger partial charge in [-0.25, -0.2) is 0 Å². The standard InChI is InChI=1S/C20H16N2O2/c1-23-17-9-7-15-13(5-3-11-21-15)19(17)20-14-6-4-12-22-16(14)8-10-18(20)24-2/h3-12H,1-2H3. The average Bonchev–Trinajstić information content (AvgIpc) is 2.66. The Hall–Kier alpha value is -3.14. The summed E-state index contributed by atoms with van der Waals surface area (Å²) >= 11 is 0. The van der Waals surface area contributed by atoms with E-state index >= 15 is 0 Å². The maximum absolute atomic E-state index is 5.65. The molecule has 4 nitrogen and oxygen atoms in total. The Morgan fingerprint density at radius 3 is 1.50 bits per heavy atom. The molecule has 0 fully saturated rings. The first-order chi connectivity index (χ1) is 11.8. The molecule has 0 N–H and O–H groups in total. The van der Waals surface area contributed by atoms with Crippen molar-refractivity contribution in [1.29, 1.82) is 0 Å². The van der Waals surface area contributed by atoms with Crippen molar-refractivity contribution in [2.45, 2.75) is 0 Å². The minimum Gasteiger partial charge on any atom is -0.496 e. The highest BCUT2D eigenvalue weighted by atomic mass is 16.5. The monoisotopic (exact) mass is 316 g/mol. The number of fused-ring (bicyclic) bond motifs is 2. The molecule has 0 spiro atoms. The molecule has 0 bridgehead atoms. The van der Waals surface area contributed by atoms with Crippen LogP contribution in [0.3, 0.4) is 0 Å². The summed E-state index contributed by atoms with van der Waals surface area (Å²) in [5.41, 5.74) is 3.77. The van der Waals surface area contributed by atoms with Crippen LogP contribution in [0.1, 0.15) is 0 Å². The molecular formula is C20H16N2O2. The molecule has 0 aliphatic rings. The molecule has 4 heteroatoms. The second-order valence-electron chi connectivity index (χ2n) is 5.43. The van der Waals surface area contributed by atoms with Gasteiger partial charge in [0, 0.05) is 34.3 Å². The topological polar surface area (TPSA) is 44.2 Å². The van der Waals surface area contributed by atoms with Gasteiger partial charge >= 0.3 is 0 Å². The number of pyridine rings is 2. The lowest BCUT2D eigenvalue weighted by Gasteiger charge is -2.16. The Balaban J connectivity index is 2.21. The van der Waals surface area contributed by atoms with Crippen molar-refractivity contribution in [1.82, 2.24) is 9.97 Å². The summed E-state index contributed by atoms with van der Waals surface area (Å²) in [5, 5.41) is 2.04. The molecule has 4 aromatic rings. The zero-order valence-electron chi connectivity index (χ0n) is 13.5. The lowest BCUT2D eigenvalue weighted by atomic mass is 9.95. The largest absolute Gasteiger partial charge is 0.496 e. The van der Waals surface area contributed by atoms with E-state index in [9.17, 15) is 0 Å². The molecule has 0 radical (unpaired) electrons. The van der Waals surface area contributed by atoms with E-state index in [1.54, 1.807) is 26.6 Å². The Kier molecular flexibility index (Phi) is 3.50. The molecule has 4 rings (SSSR count). The zero-order chi connectivity index (χ0) is 16.5. The summed E-state index contributed by atoms with van der Waals surface area (Å²) in [6, 6.07) is 15.8. The van der Waals surface area contributed by atoms with E-state index in [0.717, 1.165) is 44.4 Å². The first kappa shape index (κ1) is 14.5. The van der Waals surface area contributed by atoms with Gasteiger partial charge in [-0.2, -0.15) is 0 Å². The Bertz CT molecular complexity index is 959. The van der Waals surface area contributed by atoms with Crippen LogP contribution in [0.25, 0.3) is 32.9 Å². The fourth-order valence-electron chi connectivity index (χ4n) is 3.12. The smallest absolute Gasteiger partial charge is 0.127 e. The summed E-state index contributed by atoms with van der Waals surface area (Å²) in [5.74, 6) is 1.57. The normalized spacial score (nSPS) is 10.9. The molecule has 0 unspecified atom stereocenters. The van der Waals surface area contributed by atoms with Gasteiger partial charge in [0.25, 0.3) is 0 Å². The summed E-state index contributed by atoms with van der Waals surface area (Å²) in [7, 11) is 3.35. The lowest BCUT2D eigenvalue weighted by molar-refractivity contribution is 0.411. The zero-order valence-corrected chi connectivity index (χ0v) is 13.5. The van der Waals surface area contributed by atoms with E-state index < -0.39 is 0 Å². The van der Waals surface area contributed by atoms with E-state index in [-0.39, 0.29) is 0 Å². The maximum Gasteiger partial charge on any atom is 0.127 e. The number of nitrogens with zero attached hydrogens (tertiary/aromatic N) is 2. The lowest BCUT2D eigenvalue weighted by Crippen LogP contribution is -1.95. The molecule has 0 saturated heterocycles. The molecule has 0 saturated carbocycles. The first-order valence-corrected chi connectivity index (χ1v) is 7.67. The number of rotatable bonds is 3. The van der Waals surface area contributed by atoms with Gasteiger partial charge < -0.3 is 9.47 Å². The van der Waals surface area contributed by atoms with Crippen LogP contribution in [0.5, 0.6) is 11.5 Å². The van der Waals surface area contributed by atoms with Crippen LogP contribution in [-0.2, 0) is 0 Å². The highest BCUT2D eigenvalue weighted by Gasteiger charge is 2.18. The van der Waals surface area contributed by atoms with Crippen LogP contribution < -0.4 is 9.47 Å². The van der Waals surface area contributed by atoms with E-state index in [4.69, 9.17) is 9.47 Å². The molecule has 2 heterocycles. The van der Waals surface area contributed by atoms with Gasteiger partial charge in [0.05, 0.1) is 25.3 Å². The summed E-state index contributed by atoms with van der Waals surface area (Å²) in [4.78, 5) is 8.93. The predicted octanol–water partition coefficient (Wildman–Crippen LogP) is 4.47. The highest BCUT2D eigenvalue weighted by Crippen LogP contribution is 2.44. The third kappa shape index (κ3) is 2.15. The molecule has 0 amide bonds. The van der Waals surface area contributed by atoms with Gasteiger partial charge in [-0.15, -0.1) is 0 Å². The van der Waals surface area contributed by atoms with Crippen molar-refractivity contribution >= 4 is 21.8 Å². The molecule has 0 aliphatic heterocycles. The van der Waals surface area contributed by atoms with Gasteiger partial charge in [-0.3, -0.25) is 9.97 Å². The molecule has 2 aromatic carbocycles. The average molecular weight is 316 g/mol. The number of benzene rings is 2. The van der Waals surface area contributed by atoms with Crippen molar-refractivity contribution in [3.05, 3.63) is 60.9 Å². The number of aromatic nitrogens is 2. The third-order valence-electron chi connectivity index (χ3n) is 4.18. The fourth-order valence-corrected chi connectivity index (χ4v) is 3.12. The number of hydrogen-bond acceptors (Lipinski definition) is 4. The van der Waals surface area contributed by atoms with Crippen LogP contribution >= 0.6 is 0 Å². The van der Waals surface area contributed by atoms with E-state index in [1.807, 2.05) is 36.4 Å². The Morgan fingerprint density at radius 2 is 1.08 bits per heavy atom. The second-order valence-corrected chi connectivity index (χ2v) is 5.43. The third-order valence-corrected chi connectivity index (χ3v) is 4.18. The fraction of sp³-hybridized carbons (Fsp3) is 0.100. The number of ether oxygens (including phenoxy) is 2. The summed E-state index contributed by atoms with van der Waals surface area (Å²) < 4.78 is 11.3. The Labute approximate surface area is 139 Å².